The summed E-state index contributed by atoms with van der Waals surface area (Å²) >= 11 is 1.82. The summed E-state index contributed by atoms with van der Waals surface area (Å²) in [6.07, 6.45) is 2.56. The van der Waals surface area contributed by atoms with Gasteiger partial charge in [0.25, 0.3) is 0 Å². The van der Waals surface area contributed by atoms with Gasteiger partial charge in [0.05, 0.1) is 6.04 Å². The van der Waals surface area contributed by atoms with Crippen LogP contribution in [0.3, 0.4) is 0 Å². The molecule has 2 heterocycles. The molecular formula is C21H31IN4OS2. The highest BCUT2D eigenvalue weighted by molar-refractivity contribution is 14.0. The van der Waals surface area contributed by atoms with Crippen molar-refractivity contribution >= 4 is 52.1 Å². The van der Waals surface area contributed by atoms with Gasteiger partial charge in [0, 0.05) is 47.3 Å². The number of hydrogen-bond donors (Lipinski definition) is 2. The zero-order valence-electron chi connectivity index (χ0n) is 16.9. The van der Waals surface area contributed by atoms with Crippen LogP contribution in [0.5, 0.6) is 0 Å². The summed E-state index contributed by atoms with van der Waals surface area (Å²) in [5.74, 6) is 1.98. The molecule has 0 bridgehead atoms. The molecule has 1 fully saturated rings. The van der Waals surface area contributed by atoms with Gasteiger partial charge in [0.1, 0.15) is 0 Å². The highest BCUT2D eigenvalue weighted by Crippen LogP contribution is 2.27. The molecule has 1 saturated heterocycles. The molecule has 1 aliphatic heterocycles. The van der Waals surface area contributed by atoms with E-state index in [2.05, 4.69) is 38.0 Å². The molecule has 2 unspecified atom stereocenters. The Hall–Kier alpha value is -0.970. The number of thiophene rings is 1. The summed E-state index contributed by atoms with van der Waals surface area (Å²) in [6.45, 7) is 3.79. The maximum Gasteiger partial charge on any atom is 0.191 e. The summed E-state index contributed by atoms with van der Waals surface area (Å²) < 4.78 is 12.3. The number of nitrogens with zero attached hydrogens (tertiary/aromatic N) is 2. The number of aliphatic imine (C=N–C) groups is 1. The van der Waals surface area contributed by atoms with Crippen molar-refractivity contribution in [3.63, 3.8) is 0 Å². The molecule has 2 N–H and O–H groups in total. The SMILES string of the molecule is CN=C(NCCS(=O)Cc1ccccc1)NCC(c1cccs1)N1CCCC1.I. The molecule has 0 amide bonds. The minimum Gasteiger partial charge on any atom is -0.355 e. The molecule has 8 heteroatoms. The Morgan fingerprint density at radius 2 is 1.93 bits per heavy atom. The second kappa shape index (κ2) is 13.4. The Morgan fingerprint density at radius 3 is 2.59 bits per heavy atom. The van der Waals surface area contributed by atoms with Crippen LogP contribution in [0, 0.1) is 0 Å². The lowest BCUT2D eigenvalue weighted by Crippen LogP contribution is -2.43. The molecule has 2 aromatic rings. The predicted octanol–water partition coefficient (Wildman–Crippen LogP) is 3.62. The summed E-state index contributed by atoms with van der Waals surface area (Å²) in [7, 11) is 0.904. The Balaban J connectivity index is 0.00000300. The Morgan fingerprint density at radius 1 is 1.17 bits per heavy atom. The Bertz CT molecular complexity index is 749. The minimum absolute atomic E-state index is 0. The third kappa shape index (κ3) is 7.99. The summed E-state index contributed by atoms with van der Waals surface area (Å²) in [5, 5.41) is 8.92. The molecule has 1 aromatic heterocycles. The van der Waals surface area contributed by atoms with Crippen molar-refractivity contribution in [3.05, 3.63) is 58.3 Å². The van der Waals surface area contributed by atoms with Gasteiger partial charge in [-0.1, -0.05) is 36.4 Å². The van der Waals surface area contributed by atoms with E-state index in [0.717, 1.165) is 31.2 Å². The van der Waals surface area contributed by atoms with E-state index in [1.165, 1.54) is 17.7 Å². The van der Waals surface area contributed by atoms with Crippen LogP contribution < -0.4 is 10.6 Å². The summed E-state index contributed by atoms with van der Waals surface area (Å²) in [5.41, 5.74) is 1.12. The van der Waals surface area contributed by atoms with E-state index >= 15 is 0 Å². The fraction of sp³-hybridized carbons (Fsp3) is 0.476. The van der Waals surface area contributed by atoms with Crippen LogP contribution in [0.25, 0.3) is 0 Å². The first-order valence-corrected chi connectivity index (χ1v) is 12.2. The molecule has 3 rings (SSSR count). The zero-order chi connectivity index (χ0) is 19.6. The normalized spacial score (nSPS) is 16.8. The summed E-state index contributed by atoms with van der Waals surface area (Å²) in [6, 6.07) is 14.7. The van der Waals surface area contributed by atoms with E-state index in [1.807, 2.05) is 41.7 Å². The molecule has 0 aliphatic carbocycles. The third-order valence-corrected chi connectivity index (χ3v) is 7.22. The van der Waals surface area contributed by atoms with Crippen LogP contribution in [-0.4, -0.2) is 54.0 Å². The molecular weight excluding hydrogens is 515 g/mol. The van der Waals surface area contributed by atoms with Crippen molar-refractivity contribution < 1.29 is 4.21 Å². The van der Waals surface area contributed by atoms with E-state index < -0.39 is 10.8 Å². The van der Waals surface area contributed by atoms with Crippen molar-refractivity contribution in [1.29, 1.82) is 0 Å². The molecule has 29 heavy (non-hydrogen) atoms. The quantitative estimate of drug-likeness (QED) is 0.287. The van der Waals surface area contributed by atoms with Gasteiger partial charge >= 0.3 is 0 Å². The van der Waals surface area contributed by atoms with Gasteiger partial charge in [-0.3, -0.25) is 14.1 Å². The minimum atomic E-state index is -0.880. The van der Waals surface area contributed by atoms with Crippen molar-refractivity contribution in [2.45, 2.75) is 24.6 Å². The fourth-order valence-electron chi connectivity index (χ4n) is 3.47. The van der Waals surface area contributed by atoms with Crippen LogP contribution in [0.2, 0.25) is 0 Å². The van der Waals surface area contributed by atoms with Crippen molar-refractivity contribution in [2.75, 3.05) is 39.0 Å². The lowest BCUT2D eigenvalue weighted by atomic mass is 10.2. The predicted molar refractivity (Wildman–Crippen MR) is 136 cm³/mol. The van der Waals surface area contributed by atoms with E-state index in [0.29, 0.717) is 24.1 Å². The van der Waals surface area contributed by atoms with Gasteiger partial charge in [-0.2, -0.15) is 0 Å². The van der Waals surface area contributed by atoms with Gasteiger partial charge in [0.2, 0.25) is 0 Å². The van der Waals surface area contributed by atoms with Gasteiger partial charge in [-0.25, -0.2) is 0 Å². The zero-order valence-corrected chi connectivity index (χ0v) is 20.8. The van der Waals surface area contributed by atoms with Gasteiger partial charge in [-0.05, 0) is 42.9 Å². The fourth-order valence-corrected chi connectivity index (χ4v) is 5.37. The van der Waals surface area contributed by atoms with Crippen LogP contribution in [0.15, 0.2) is 52.8 Å². The molecule has 0 radical (unpaired) electrons. The second-order valence-corrected chi connectivity index (χ2v) is 9.48. The highest BCUT2D eigenvalue weighted by atomic mass is 127. The molecule has 2 atom stereocenters. The maximum absolute atomic E-state index is 12.3. The molecule has 1 aromatic carbocycles. The Kier molecular flexibility index (Phi) is 11.2. The first kappa shape index (κ1) is 24.3. The smallest absolute Gasteiger partial charge is 0.191 e. The molecule has 0 saturated carbocycles. The van der Waals surface area contributed by atoms with Crippen molar-refractivity contribution in [3.8, 4) is 0 Å². The lowest BCUT2D eigenvalue weighted by molar-refractivity contribution is 0.249. The van der Waals surface area contributed by atoms with Gasteiger partial charge in [0.15, 0.2) is 5.96 Å². The second-order valence-electron chi connectivity index (χ2n) is 6.93. The van der Waals surface area contributed by atoms with Crippen LogP contribution in [-0.2, 0) is 16.6 Å². The molecule has 160 valence electrons. The third-order valence-electron chi connectivity index (χ3n) is 4.93. The average molecular weight is 547 g/mol. The molecule has 5 nitrogen and oxygen atoms in total. The maximum atomic E-state index is 12.3. The number of benzene rings is 1. The van der Waals surface area contributed by atoms with Crippen LogP contribution >= 0.6 is 35.3 Å². The van der Waals surface area contributed by atoms with Crippen LogP contribution in [0.1, 0.15) is 29.3 Å². The summed E-state index contributed by atoms with van der Waals surface area (Å²) in [4.78, 5) is 8.28. The first-order chi connectivity index (χ1) is 13.8. The van der Waals surface area contributed by atoms with Gasteiger partial charge < -0.3 is 10.6 Å². The lowest BCUT2D eigenvalue weighted by Gasteiger charge is -2.27. The van der Waals surface area contributed by atoms with E-state index in [9.17, 15) is 4.21 Å². The van der Waals surface area contributed by atoms with Crippen molar-refractivity contribution in [2.24, 2.45) is 4.99 Å². The monoisotopic (exact) mass is 546 g/mol. The van der Waals surface area contributed by atoms with Gasteiger partial charge in [-0.15, -0.1) is 35.3 Å². The number of likely N-dealkylation sites (tertiary alicyclic amines) is 1. The topological polar surface area (TPSA) is 56.7 Å². The Labute approximate surface area is 197 Å². The van der Waals surface area contributed by atoms with E-state index in [-0.39, 0.29) is 24.0 Å². The van der Waals surface area contributed by atoms with E-state index in [4.69, 9.17) is 0 Å². The number of rotatable bonds is 9. The number of hydrogen-bond acceptors (Lipinski definition) is 4. The number of halogens is 1. The molecule has 0 spiro atoms. The van der Waals surface area contributed by atoms with Crippen LogP contribution in [0.4, 0.5) is 0 Å². The van der Waals surface area contributed by atoms with Crippen molar-refractivity contribution in [1.82, 2.24) is 15.5 Å². The van der Waals surface area contributed by atoms with E-state index in [1.54, 1.807) is 7.05 Å². The highest BCUT2D eigenvalue weighted by Gasteiger charge is 2.24. The molecule has 1 aliphatic rings. The number of nitrogens with one attached hydrogen (secondary N) is 2. The largest absolute Gasteiger partial charge is 0.355 e. The first-order valence-electron chi connectivity index (χ1n) is 9.87. The standard InChI is InChI=1S/C21H30N4OS2.HI/c1-22-21(23-11-15-28(26)17-18-8-3-2-4-9-18)24-16-19(20-10-7-14-27-20)25-12-5-6-13-25;/h2-4,7-10,14,19H,5-6,11-13,15-17H2,1H3,(H2,22,23,24);1H. The average Bonchev–Trinajstić information content (AvgIpc) is 3.42. The number of guanidine groups is 1.